The Hall–Kier alpha value is -2.31. The van der Waals surface area contributed by atoms with Crippen LogP contribution in [0.5, 0.6) is 0 Å². The molecule has 2 N–H and O–H groups in total. The second kappa shape index (κ2) is 4.66. The van der Waals surface area contributed by atoms with Crippen LogP contribution in [-0.2, 0) is 0 Å². The lowest BCUT2D eigenvalue weighted by molar-refractivity contribution is 0.0958. The van der Waals surface area contributed by atoms with Gasteiger partial charge < -0.3 is 20.2 Å². The molecule has 1 aliphatic carbocycles. The Labute approximate surface area is 116 Å². The minimum absolute atomic E-state index is 0.0971. The zero-order valence-electron chi connectivity index (χ0n) is 11.1. The van der Waals surface area contributed by atoms with Gasteiger partial charge in [-0.1, -0.05) is 0 Å². The summed E-state index contributed by atoms with van der Waals surface area (Å²) in [6.45, 7) is 1.17. The second-order valence-electron chi connectivity index (χ2n) is 5.02. The maximum absolute atomic E-state index is 11.4. The minimum Gasteiger partial charge on any atom is -0.465 e. The fourth-order valence-corrected chi connectivity index (χ4v) is 2.76. The van der Waals surface area contributed by atoms with Crippen LogP contribution in [0.25, 0.3) is 0 Å². The summed E-state index contributed by atoms with van der Waals surface area (Å²) in [6, 6.07) is 3.89. The van der Waals surface area contributed by atoms with Crippen LogP contribution in [-0.4, -0.2) is 59.2 Å². The summed E-state index contributed by atoms with van der Waals surface area (Å²) >= 11 is 0. The van der Waals surface area contributed by atoms with Gasteiger partial charge in [-0.15, -0.1) is 0 Å². The first-order valence-electron chi connectivity index (χ1n) is 6.56. The monoisotopic (exact) mass is 276 g/mol. The number of nitrogens with one attached hydrogen (secondary N) is 1. The van der Waals surface area contributed by atoms with E-state index in [-0.39, 0.29) is 18.0 Å². The van der Waals surface area contributed by atoms with Gasteiger partial charge in [-0.3, -0.25) is 4.79 Å². The van der Waals surface area contributed by atoms with Gasteiger partial charge >= 0.3 is 6.09 Å². The van der Waals surface area contributed by atoms with Gasteiger partial charge in [0.25, 0.3) is 5.91 Å². The van der Waals surface area contributed by atoms with Crippen LogP contribution in [0.15, 0.2) is 18.3 Å². The summed E-state index contributed by atoms with van der Waals surface area (Å²) in [4.78, 5) is 30.3. The molecule has 0 bridgehead atoms. The Morgan fingerprint density at radius 1 is 1.35 bits per heavy atom. The van der Waals surface area contributed by atoms with E-state index in [4.69, 9.17) is 5.11 Å². The summed E-state index contributed by atoms with van der Waals surface area (Å²) in [6.07, 6.45) is 1.70. The van der Waals surface area contributed by atoms with E-state index >= 15 is 0 Å². The smallest absolute Gasteiger partial charge is 0.407 e. The number of carbonyl (C=O) groups is 2. The lowest BCUT2D eigenvalue weighted by atomic mass is 10.2. The maximum Gasteiger partial charge on any atom is 0.407 e. The van der Waals surface area contributed by atoms with Crippen molar-refractivity contribution in [2.45, 2.75) is 18.5 Å². The first-order valence-corrected chi connectivity index (χ1v) is 6.56. The molecule has 2 atom stereocenters. The molecule has 0 spiro atoms. The van der Waals surface area contributed by atoms with Crippen molar-refractivity contribution >= 4 is 17.7 Å². The molecule has 2 fully saturated rings. The highest BCUT2D eigenvalue weighted by Gasteiger charge is 2.50. The van der Waals surface area contributed by atoms with Crippen LogP contribution in [0.2, 0.25) is 0 Å². The molecule has 1 saturated carbocycles. The Balaban J connectivity index is 1.72. The Kier molecular flexibility index (Phi) is 2.96. The van der Waals surface area contributed by atoms with E-state index < -0.39 is 6.09 Å². The molecule has 2 amide bonds. The van der Waals surface area contributed by atoms with Gasteiger partial charge in [0.15, 0.2) is 0 Å². The van der Waals surface area contributed by atoms with Crippen LogP contribution in [0.4, 0.5) is 10.5 Å². The topological polar surface area (TPSA) is 85.8 Å². The zero-order chi connectivity index (χ0) is 14.3. The van der Waals surface area contributed by atoms with Crippen LogP contribution in [0.3, 0.4) is 0 Å². The van der Waals surface area contributed by atoms with Gasteiger partial charge in [-0.05, 0) is 18.6 Å². The molecule has 7 heteroatoms. The number of nitrogens with zero attached hydrogens (tertiary/aromatic N) is 3. The molecule has 1 aromatic heterocycles. The molecule has 106 valence electrons. The SMILES string of the molecule is CNC(=O)c1ccc(N2CCN(C(=O)O)C3CC32)cn1. The van der Waals surface area contributed by atoms with E-state index in [1.807, 2.05) is 6.07 Å². The highest BCUT2D eigenvalue weighted by Crippen LogP contribution is 2.39. The summed E-state index contributed by atoms with van der Waals surface area (Å²) < 4.78 is 0. The predicted molar refractivity (Wildman–Crippen MR) is 71.9 cm³/mol. The molecule has 2 heterocycles. The molecule has 0 radical (unpaired) electrons. The van der Waals surface area contributed by atoms with Gasteiger partial charge in [0.1, 0.15) is 5.69 Å². The van der Waals surface area contributed by atoms with Crippen molar-refractivity contribution in [2.75, 3.05) is 25.0 Å². The largest absolute Gasteiger partial charge is 0.465 e. The molecule has 0 aromatic carbocycles. The number of aromatic nitrogens is 1. The predicted octanol–water partition coefficient (Wildman–Crippen LogP) is 0.382. The lowest BCUT2D eigenvalue weighted by Crippen LogP contribution is -2.48. The number of rotatable bonds is 2. The number of hydrogen-bond acceptors (Lipinski definition) is 4. The van der Waals surface area contributed by atoms with E-state index in [9.17, 15) is 9.59 Å². The normalized spacial score (nSPS) is 24.1. The third-order valence-electron chi connectivity index (χ3n) is 3.89. The molecule has 1 aliphatic heterocycles. The molecule has 7 nitrogen and oxygen atoms in total. The fraction of sp³-hybridized carbons (Fsp3) is 0.462. The van der Waals surface area contributed by atoms with E-state index in [0.29, 0.717) is 18.8 Å². The number of anilines is 1. The average molecular weight is 276 g/mol. The Morgan fingerprint density at radius 3 is 2.75 bits per heavy atom. The van der Waals surface area contributed by atoms with Gasteiger partial charge in [-0.2, -0.15) is 0 Å². The van der Waals surface area contributed by atoms with E-state index in [2.05, 4.69) is 15.2 Å². The maximum atomic E-state index is 11.4. The van der Waals surface area contributed by atoms with Crippen molar-refractivity contribution < 1.29 is 14.7 Å². The van der Waals surface area contributed by atoms with Gasteiger partial charge in [-0.25, -0.2) is 9.78 Å². The quantitative estimate of drug-likeness (QED) is 0.815. The third kappa shape index (κ3) is 2.04. The average Bonchev–Trinajstić information content (AvgIpc) is 3.25. The van der Waals surface area contributed by atoms with Crippen LogP contribution in [0.1, 0.15) is 16.9 Å². The second-order valence-corrected chi connectivity index (χ2v) is 5.02. The number of carboxylic acid groups (broad SMARTS) is 1. The lowest BCUT2D eigenvalue weighted by Gasteiger charge is -2.33. The summed E-state index contributed by atoms with van der Waals surface area (Å²) in [5.41, 5.74) is 1.32. The molecule has 2 unspecified atom stereocenters. The van der Waals surface area contributed by atoms with Crippen molar-refractivity contribution in [1.29, 1.82) is 0 Å². The molecule has 1 saturated heterocycles. The van der Waals surface area contributed by atoms with Crippen LogP contribution in [0, 0.1) is 0 Å². The number of amides is 2. The van der Waals surface area contributed by atoms with Crippen molar-refractivity contribution in [2.24, 2.45) is 0 Å². The van der Waals surface area contributed by atoms with Crippen molar-refractivity contribution in [1.82, 2.24) is 15.2 Å². The number of fused-ring (bicyclic) bond motifs is 1. The van der Waals surface area contributed by atoms with E-state index in [1.54, 1.807) is 19.3 Å². The fourth-order valence-electron chi connectivity index (χ4n) is 2.76. The molecular formula is C13H16N4O3. The van der Waals surface area contributed by atoms with Gasteiger partial charge in [0, 0.05) is 20.1 Å². The van der Waals surface area contributed by atoms with Gasteiger partial charge in [0.05, 0.1) is 24.0 Å². The Morgan fingerprint density at radius 2 is 2.15 bits per heavy atom. The molecule has 1 aromatic rings. The molecular weight excluding hydrogens is 260 g/mol. The van der Waals surface area contributed by atoms with Crippen LogP contribution >= 0.6 is 0 Å². The number of piperazine rings is 1. The first kappa shape index (κ1) is 12.7. The standard InChI is InChI=1S/C13H16N4O3/c1-14-12(18)9-3-2-8(7-15-9)16-4-5-17(13(19)20)11-6-10(11)16/h2-3,7,10-11H,4-6H2,1H3,(H,14,18)(H,19,20). The summed E-state index contributed by atoms with van der Waals surface area (Å²) in [5.74, 6) is -0.212. The summed E-state index contributed by atoms with van der Waals surface area (Å²) in [5, 5.41) is 11.6. The molecule has 2 aliphatic rings. The number of pyridine rings is 1. The highest BCUT2D eigenvalue weighted by atomic mass is 16.4. The zero-order valence-corrected chi connectivity index (χ0v) is 11.1. The van der Waals surface area contributed by atoms with E-state index in [0.717, 1.165) is 12.1 Å². The third-order valence-corrected chi connectivity index (χ3v) is 3.89. The van der Waals surface area contributed by atoms with Crippen molar-refractivity contribution in [3.63, 3.8) is 0 Å². The number of hydrogen-bond donors (Lipinski definition) is 2. The summed E-state index contributed by atoms with van der Waals surface area (Å²) in [7, 11) is 1.57. The highest BCUT2D eigenvalue weighted by molar-refractivity contribution is 5.92. The first-order chi connectivity index (χ1) is 9.61. The van der Waals surface area contributed by atoms with Crippen molar-refractivity contribution in [3.05, 3.63) is 24.0 Å². The van der Waals surface area contributed by atoms with Gasteiger partial charge in [0.2, 0.25) is 0 Å². The van der Waals surface area contributed by atoms with Crippen LogP contribution < -0.4 is 10.2 Å². The minimum atomic E-state index is -0.842. The van der Waals surface area contributed by atoms with E-state index in [1.165, 1.54) is 4.90 Å². The molecule has 3 rings (SSSR count). The molecule has 20 heavy (non-hydrogen) atoms. The number of carbonyl (C=O) groups excluding carboxylic acids is 1. The Bertz CT molecular complexity index is 545. The van der Waals surface area contributed by atoms with Crippen molar-refractivity contribution in [3.8, 4) is 0 Å².